The summed E-state index contributed by atoms with van der Waals surface area (Å²) in [5, 5.41) is 0. The van der Waals surface area contributed by atoms with E-state index in [4.69, 9.17) is 4.74 Å². The molecule has 3 saturated carbocycles. The quantitative estimate of drug-likeness (QED) is 0.310. The minimum atomic E-state index is 0.0295. The van der Waals surface area contributed by atoms with Gasteiger partial charge in [-0.3, -0.25) is 4.79 Å². The SMILES string of the molecule is CCCCOC(=O)CCC1(C)CC2CC1C1C3C=CC(C3)C21. The first-order valence-corrected chi connectivity index (χ1v) is 9.46. The number of fused-ring (bicyclic) bond motifs is 9. The average molecular weight is 302 g/mol. The second kappa shape index (κ2) is 5.39. The number of carbonyl (C=O) groups is 1. The third-order valence-corrected chi connectivity index (χ3v) is 7.43. The number of hydrogen-bond donors (Lipinski definition) is 0. The number of unbranched alkanes of at least 4 members (excludes halogenated alkanes) is 1. The first kappa shape index (κ1) is 14.8. The van der Waals surface area contributed by atoms with Crippen molar-refractivity contribution in [2.24, 2.45) is 40.9 Å². The van der Waals surface area contributed by atoms with Gasteiger partial charge in [-0.2, -0.15) is 0 Å². The Kier molecular flexibility index (Phi) is 3.62. The zero-order chi connectivity index (χ0) is 15.3. The van der Waals surface area contributed by atoms with Crippen LogP contribution < -0.4 is 0 Å². The topological polar surface area (TPSA) is 26.3 Å². The number of carbonyl (C=O) groups excluding carboxylic acids is 1. The minimum Gasteiger partial charge on any atom is -0.466 e. The van der Waals surface area contributed by atoms with Crippen molar-refractivity contribution >= 4 is 5.97 Å². The monoisotopic (exact) mass is 302 g/mol. The van der Waals surface area contributed by atoms with E-state index in [9.17, 15) is 4.79 Å². The van der Waals surface area contributed by atoms with Crippen molar-refractivity contribution in [3.05, 3.63) is 12.2 Å². The lowest BCUT2D eigenvalue weighted by Gasteiger charge is -2.43. The van der Waals surface area contributed by atoms with Crippen molar-refractivity contribution in [1.29, 1.82) is 0 Å². The lowest BCUT2D eigenvalue weighted by atomic mass is 9.61. The van der Waals surface area contributed by atoms with Crippen molar-refractivity contribution in [2.45, 2.75) is 58.8 Å². The van der Waals surface area contributed by atoms with E-state index >= 15 is 0 Å². The van der Waals surface area contributed by atoms with Gasteiger partial charge in [0.1, 0.15) is 0 Å². The van der Waals surface area contributed by atoms with E-state index in [0.29, 0.717) is 18.4 Å². The lowest BCUT2D eigenvalue weighted by molar-refractivity contribution is -0.144. The van der Waals surface area contributed by atoms with E-state index < -0.39 is 0 Å². The molecule has 4 aliphatic carbocycles. The third-order valence-electron chi connectivity index (χ3n) is 7.43. The van der Waals surface area contributed by atoms with Gasteiger partial charge in [0.2, 0.25) is 0 Å². The minimum absolute atomic E-state index is 0.0295. The molecule has 4 bridgehead atoms. The Labute approximate surface area is 134 Å². The van der Waals surface area contributed by atoms with Crippen molar-refractivity contribution in [3.63, 3.8) is 0 Å². The number of hydrogen-bond acceptors (Lipinski definition) is 2. The summed E-state index contributed by atoms with van der Waals surface area (Å²) < 4.78 is 5.35. The van der Waals surface area contributed by atoms with Crippen LogP contribution >= 0.6 is 0 Å². The summed E-state index contributed by atoms with van der Waals surface area (Å²) in [5.41, 5.74) is 0.397. The van der Waals surface area contributed by atoms with Gasteiger partial charge in [-0.1, -0.05) is 32.4 Å². The molecule has 4 rings (SSSR count). The fraction of sp³-hybridized carbons (Fsp3) is 0.850. The van der Waals surface area contributed by atoms with Gasteiger partial charge >= 0.3 is 5.97 Å². The molecule has 3 fully saturated rings. The molecule has 0 N–H and O–H groups in total. The summed E-state index contributed by atoms with van der Waals surface area (Å²) in [6.45, 7) is 5.20. The molecule has 7 atom stereocenters. The maximum Gasteiger partial charge on any atom is 0.305 e. The summed E-state index contributed by atoms with van der Waals surface area (Å²) in [4.78, 5) is 11.9. The highest BCUT2D eigenvalue weighted by Crippen LogP contribution is 2.71. The second-order valence-corrected chi connectivity index (χ2v) is 8.64. The Bertz CT molecular complexity index is 482. The van der Waals surface area contributed by atoms with Gasteiger partial charge in [-0.15, -0.1) is 0 Å². The van der Waals surface area contributed by atoms with Crippen LogP contribution in [0.2, 0.25) is 0 Å². The molecule has 0 saturated heterocycles. The molecule has 7 unspecified atom stereocenters. The molecule has 0 heterocycles. The van der Waals surface area contributed by atoms with E-state index in [1.165, 1.54) is 19.3 Å². The highest BCUT2D eigenvalue weighted by atomic mass is 16.5. The van der Waals surface area contributed by atoms with E-state index in [-0.39, 0.29) is 5.97 Å². The average Bonchev–Trinajstić information content (AvgIpc) is 3.23. The Morgan fingerprint density at radius 1 is 1.23 bits per heavy atom. The molecule has 2 nitrogen and oxygen atoms in total. The number of rotatable bonds is 6. The fourth-order valence-electron chi connectivity index (χ4n) is 6.57. The lowest BCUT2D eigenvalue weighted by Crippen LogP contribution is -2.37. The molecule has 0 spiro atoms. The fourth-order valence-corrected chi connectivity index (χ4v) is 6.57. The van der Waals surface area contributed by atoms with Gasteiger partial charge in [-0.05, 0) is 73.0 Å². The van der Waals surface area contributed by atoms with Gasteiger partial charge in [-0.25, -0.2) is 0 Å². The van der Waals surface area contributed by atoms with Crippen LogP contribution in [0.15, 0.2) is 12.2 Å². The van der Waals surface area contributed by atoms with Crippen LogP contribution in [-0.4, -0.2) is 12.6 Å². The molecule has 0 aliphatic heterocycles. The molecule has 0 aromatic rings. The highest BCUT2D eigenvalue weighted by molar-refractivity contribution is 5.69. The zero-order valence-corrected chi connectivity index (χ0v) is 14.1. The first-order valence-electron chi connectivity index (χ1n) is 9.46. The molecule has 22 heavy (non-hydrogen) atoms. The van der Waals surface area contributed by atoms with Crippen LogP contribution in [0.1, 0.15) is 58.8 Å². The molecule has 2 heteroatoms. The molecular weight excluding hydrogens is 272 g/mol. The van der Waals surface area contributed by atoms with Gasteiger partial charge in [0.25, 0.3) is 0 Å². The van der Waals surface area contributed by atoms with Crippen molar-refractivity contribution < 1.29 is 9.53 Å². The van der Waals surface area contributed by atoms with Crippen LogP contribution in [-0.2, 0) is 9.53 Å². The molecule has 0 amide bonds. The van der Waals surface area contributed by atoms with Crippen LogP contribution in [0.3, 0.4) is 0 Å². The molecule has 4 aliphatic rings. The molecular formula is C20H30O2. The standard InChI is InChI=1S/C20H30O2/c1-3-4-9-22-17(21)7-8-20(2)12-15-11-16(20)19-14-6-5-13(10-14)18(15)19/h5-6,13-16,18-19H,3-4,7-12H2,1-2H3. The Morgan fingerprint density at radius 3 is 2.77 bits per heavy atom. The molecule has 0 aromatic carbocycles. The maximum atomic E-state index is 11.9. The highest BCUT2D eigenvalue weighted by Gasteiger charge is 2.64. The summed E-state index contributed by atoms with van der Waals surface area (Å²) >= 11 is 0. The van der Waals surface area contributed by atoms with Crippen molar-refractivity contribution in [1.82, 2.24) is 0 Å². The molecule has 122 valence electrons. The van der Waals surface area contributed by atoms with Crippen LogP contribution in [0, 0.1) is 40.9 Å². The van der Waals surface area contributed by atoms with E-state index in [1.807, 2.05) is 0 Å². The third kappa shape index (κ3) is 2.17. The number of esters is 1. The number of allylic oxidation sites excluding steroid dienone is 2. The smallest absolute Gasteiger partial charge is 0.305 e. The van der Waals surface area contributed by atoms with Gasteiger partial charge in [0.15, 0.2) is 0 Å². The van der Waals surface area contributed by atoms with E-state index in [2.05, 4.69) is 26.0 Å². The predicted octanol–water partition coefficient (Wildman–Crippen LogP) is 4.59. The maximum absolute atomic E-state index is 11.9. The predicted molar refractivity (Wildman–Crippen MR) is 87.1 cm³/mol. The van der Waals surface area contributed by atoms with Crippen molar-refractivity contribution in [3.8, 4) is 0 Å². The largest absolute Gasteiger partial charge is 0.466 e. The second-order valence-electron chi connectivity index (χ2n) is 8.64. The van der Waals surface area contributed by atoms with Crippen LogP contribution in [0.5, 0.6) is 0 Å². The molecule has 0 aromatic heterocycles. The summed E-state index contributed by atoms with van der Waals surface area (Å²) in [6, 6.07) is 0. The Balaban J connectivity index is 1.35. The summed E-state index contributed by atoms with van der Waals surface area (Å²) in [7, 11) is 0. The van der Waals surface area contributed by atoms with E-state index in [0.717, 1.165) is 54.8 Å². The van der Waals surface area contributed by atoms with Gasteiger partial charge in [0, 0.05) is 6.42 Å². The first-order chi connectivity index (χ1) is 10.6. The van der Waals surface area contributed by atoms with E-state index in [1.54, 1.807) is 0 Å². The molecule has 0 radical (unpaired) electrons. The van der Waals surface area contributed by atoms with Crippen LogP contribution in [0.25, 0.3) is 0 Å². The van der Waals surface area contributed by atoms with Gasteiger partial charge < -0.3 is 4.74 Å². The van der Waals surface area contributed by atoms with Crippen molar-refractivity contribution in [2.75, 3.05) is 6.61 Å². The normalized spacial score (nSPS) is 47.2. The Morgan fingerprint density at radius 2 is 2.00 bits per heavy atom. The summed E-state index contributed by atoms with van der Waals surface area (Å²) in [5.74, 6) is 5.53. The Hall–Kier alpha value is -0.790. The van der Waals surface area contributed by atoms with Crippen LogP contribution in [0.4, 0.5) is 0 Å². The number of ether oxygens (including phenoxy) is 1. The summed E-state index contributed by atoms with van der Waals surface area (Å²) in [6.07, 6.45) is 13.0. The zero-order valence-electron chi connectivity index (χ0n) is 14.1. The van der Waals surface area contributed by atoms with Gasteiger partial charge in [0.05, 0.1) is 6.61 Å².